The van der Waals surface area contributed by atoms with Gasteiger partial charge in [-0.25, -0.2) is 0 Å². The first-order valence-electron chi connectivity index (χ1n) is 5.68. The second kappa shape index (κ2) is 6.96. The van der Waals surface area contributed by atoms with Crippen molar-refractivity contribution in [2.24, 2.45) is 0 Å². The van der Waals surface area contributed by atoms with E-state index in [4.69, 9.17) is 0 Å². The number of benzene rings is 1. The molecule has 1 aliphatic heterocycles. The van der Waals surface area contributed by atoms with Gasteiger partial charge in [-0.15, -0.1) is 17.2 Å². The molecule has 2 unspecified atom stereocenters. The summed E-state index contributed by atoms with van der Waals surface area (Å²) in [7, 11) is 2.67. The van der Waals surface area contributed by atoms with Crippen LogP contribution < -0.4 is 5.30 Å². The lowest BCUT2D eigenvalue weighted by molar-refractivity contribution is 1.44. The van der Waals surface area contributed by atoms with Crippen LogP contribution in [0, 0.1) is 0 Å². The Bertz CT molecular complexity index is 263. The number of hydrogen-bond donors (Lipinski definition) is 0. The standard InChI is InChI=1S/C12H19P3/c1-2-4-12(5-3-1)15-10-8-13-6-7-14-9-11-15/h1-5,13-14H,6-11H2. The zero-order valence-electron chi connectivity index (χ0n) is 9.08. The third-order valence-electron chi connectivity index (χ3n) is 2.72. The van der Waals surface area contributed by atoms with Crippen LogP contribution in [0.1, 0.15) is 0 Å². The Morgan fingerprint density at radius 3 is 2.00 bits per heavy atom. The summed E-state index contributed by atoms with van der Waals surface area (Å²) in [5.74, 6) is 0. The van der Waals surface area contributed by atoms with Crippen molar-refractivity contribution in [2.45, 2.75) is 0 Å². The van der Waals surface area contributed by atoms with E-state index in [2.05, 4.69) is 30.3 Å². The summed E-state index contributed by atoms with van der Waals surface area (Å²) in [5, 5.41) is 1.64. The molecule has 15 heavy (non-hydrogen) atoms. The maximum Gasteiger partial charge on any atom is -0.0240 e. The summed E-state index contributed by atoms with van der Waals surface area (Å²) in [6.07, 6.45) is 8.98. The predicted octanol–water partition coefficient (Wildman–Crippen LogP) is 3.16. The van der Waals surface area contributed by atoms with Crippen LogP contribution in [0.15, 0.2) is 30.3 Å². The fraction of sp³-hybridized carbons (Fsp3) is 0.500. The molecule has 0 N–H and O–H groups in total. The molecule has 1 heterocycles. The number of rotatable bonds is 1. The van der Waals surface area contributed by atoms with Gasteiger partial charge in [0.25, 0.3) is 0 Å². The number of hydrogen-bond acceptors (Lipinski definition) is 0. The van der Waals surface area contributed by atoms with E-state index < -0.39 is 0 Å². The molecule has 2 atom stereocenters. The van der Waals surface area contributed by atoms with Crippen LogP contribution in [0.25, 0.3) is 0 Å². The lowest BCUT2D eigenvalue weighted by atomic mass is 10.4. The molecule has 0 radical (unpaired) electrons. The SMILES string of the molecule is c1ccc(P2CCPCCPCC2)cc1. The third-order valence-corrected chi connectivity index (χ3v) is 9.03. The largest absolute Gasteiger partial charge is 0.121 e. The molecule has 2 rings (SSSR count). The first-order chi connectivity index (χ1) is 7.47. The second-order valence-corrected chi connectivity index (χ2v) is 9.31. The molecule has 1 saturated heterocycles. The molecule has 1 aliphatic rings. The van der Waals surface area contributed by atoms with Gasteiger partial charge in [0.2, 0.25) is 0 Å². The highest BCUT2D eigenvalue weighted by atomic mass is 31.1. The van der Waals surface area contributed by atoms with Gasteiger partial charge >= 0.3 is 0 Å². The lowest BCUT2D eigenvalue weighted by Crippen LogP contribution is -2.07. The second-order valence-electron chi connectivity index (χ2n) is 3.82. The first-order valence-corrected chi connectivity index (χ1v) is 10.2. The Balaban J connectivity index is 1.99. The maximum absolute atomic E-state index is 2.34. The van der Waals surface area contributed by atoms with Crippen LogP contribution in [0.2, 0.25) is 0 Å². The van der Waals surface area contributed by atoms with Gasteiger partial charge in [0, 0.05) is 0 Å². The van der Waals surface area contributed by atoms with Gasteiger partial charge in [0.1, 0.15) is 0 Å². The fourth-order valence-electron chi connectivity index (χ4n) is 1.86. The van der Waals surface area contributed by atoms with Gasteiger partial charge in [-0.2, -0.15) is 0 Å². The van der Waals surface area contributed by atoms with E-state index in [-0.39, 0.29) is 7.92 Å². The Morgan fingerprint density at radius 2 is 1.40 bits per heavy atom. The minimum absolute atomic E-state index is 0.186. The molecule has 82 valence electrons. The Labute approximate surface area is 97.9 Å². The summed E-state index contributed by atoms with van der Waals surface area (Å²) >= 11 is 0. The highest BCUT2D eigenvalue weighted by Gasteiger charge is 2.11. The minimum Gasteiger partial charge on any atom is -0.121 e. The van der Waals surface area contributed by atoms with E-state index >= 15 is 0 Å². The molecular weight excluding hydrogens is 237 g/mol. The van der Waals surface area contributed by atoms with Crippen molar-refractivity contribution in [2.75, 3.05) is 37.0 Å². The molecule has 1 fully saturated rings. The van der Waals surface area contributed by atoms with E-state index in [0.717, 1.165) is 0 Å². The maximum atomic E-state index is 2.34. The molecule has 0 aromatic heterocycles. The van der Waals surface area contributed by atoms with Gasteiger partial charge in [-0.1, -0.05) is 38.3 Å². The van der Waals surface area contributed by atoms with Crippen molar-refractivity contribution in [1.82, 2.24) is 0 Å². The van der Waals surface area contributed by atoms with Crippen LogP contribution in [-0.4, -0.2) is 37.0 Å². The third kappa shape index (κ3) is 4.11. The fourth-order valence-corrected chi connectivity index (χ4v) is 8.54. The zero-order chi connectivity index (χ0) is 10.3. The minimum atomic E-state index is 0.186. The Hall–Kier alpha value is 0.510. The smallest absolute Gasteiger partial charge is 0.0240 e. The highest BCUT2D eigenvalue weighted by Crippen LogP contribution is 2.38. The van der Waals surface area contributed by atoms with E-state index in [1.165, 1.54) is 54.1 Å². The monoisotopic (exact) mass is 256 g/mol. The zero-order valence-corrected chi connectivity index (χ0v) is 12.0. The van der Waals surface area contributed by atoms with E-state index in [9.17, 15) is 0 Å². The highest BCUT2D eigenvalue weighted by molar-refractivity contribution is 7.66. The molecule has 1 aromatic rings. The molecule has 0 nitrogen and oxygen atoms in total. The molecule has 0 bridgehead atoms. The summed E-state index contributed by atoms with van der Waals surface area (Å²) < 4.78 is 0. The lowest BCUT2D eigenvalue weighted by Gasteiger charge is -2.16. The van der Waals surface area contributed by atoms with Crippen molar-refractivity contribution >= 4 is 30.4 Å². The summed E-state index contributed by atoms with van der Waals surface area (Å²) in [4.78, 5) is 0. The molecular formula is C12H19P3. The molecule has 0 amide bonds. The van der Waals surface area contributed by atoms with Crippen molar-refractivity contribution in [3.63, 3.8) is 0 Å². The van der Waals surface area contributed by atoms with Crippen molar-refractivity contribution in [1.29, 1.82) is 0 Å². The average Bonchev–Trinajstić information content (AvgIpc) is 2.43. The van der Waals surface area contributed by atoms with Crippen molar-refractivity contribution in [3.05, 3.63) is 30.3 Å². The quantitative estimate of drug-likeness (QED) is 0.677. The van der Waals surface area contributed by atoms with Gasteiger partial charge < -0.3 is 0 Å². The van der Waals surface area contributed by atoms with E-state index in [1.807, 2.05) is 0 Å². The summed E-state index contributed by atoms with van der Waals surface area (Å²) in [5.41, 5.74) is 0. The van der Waals surface area contributed by atoms with Crippen LogP contribution in [0.3, 0.4) is 0 Å². The Morgan fingerprint density at radius 1 is 0.800 bits per heavy atom. The Kier molecular flexibility index (Phi) is 5.56. The van der Waals surface area contributed by atoms with Gasteiger partial charge in [-0.3, -0.25) is 0 Å². The molecule has 0 saturated carbocycles. The van der Waals surface area contributed by atoms with E-state index in [1.54, 1.807) is 5.30 Å². The molecule has 1 aromatic carbocycles. The van der Waals surface area contributed by atoms with Crippen LogP contribution in [-0.2, 0) is 0 Å². The van der Waals surface area contributed by atoms with Gasteiger partial charge in [-0.05, 0) is 42.3 Å². The summed E-state index contributed by atoms with van der Waals surface area (Å²) in [6.45, 7) is 0. The first kappa shape index (κ1) is 12.0. The average molecular weight is 256 g/mol. The van der Waals surface area contributed by atoms with Crippen molar-refractivity contribution < 1.29 is 0 Å². The summed E-state index contributed by atoms with van der Waals surface area (Å²) in [6, 6.07) is 11.2. The van der Waals surface area contributed by atoms with Gasteiger partial charge in [0.15, 0.2) is 0 Å². The van der Waals surface area contributed by atoms with Crippen LogP contribution in [0.4, 0.5) is 0 Å². The normalized spacial score (nSPS) is 27.1. The molecule has 0 aliphatic carbocycles. The van der Waals surface area contributed by atoms with E-state index in [0.29, 0.717) is 0 Å². The van der Waals surface area contributed by atoms with Crippen molar-refractivity contribution in [3.8, 4) is 0 Å². The van der Waals surface area contributed by atoms with Crippen LogP contribution >= 0.6 is 25.1 Å². The topological polar surface area (TPSA) is 0 Å². The van der Waals surface area contributed by atoms with Gasteiger partial charge in [0.05, 0.1) is 0 Å². The predicted molar refractivity (Wildman–Crippen MR) is 78.8 cm³/mol. The molecule has 0 spiro atoms. The molecule has 3 heteroatoms. The van der Waals surface area contributed by atoms with Crippen LogP contribution in [0.5, 0.6) is 0 Å².